The number of aromatic amines is 1. The van der Waals surface area contributed by atoms with E-state index in [-0.39, 0.29) is 0 Å². The molecule has 2 heterocycles. The first-order chi connectivity index (χ1) is 10.7. The molecule has 0 spiro atoms. The molecule has 3 rings (SSSR count). The second-order valence-electron chi connectivity index (χ2n) is 4.51. The molecule has 0 unspecified atom stereocenters. The molecule has 0 fully saturated rings. The first-order valence-corrected chi connectivity index (χ1v) is 6.95. The fraction of sp³-hybridized carbons (Fsp3) is 0.133. The van der Waals surface area contributed by atoms with Gasteiger partial charge < -0.3 is 19.8 Å². The smallest absolute Gasteiger partial charge is 0.199 e. The number of pyridine rings is 1. The minimum Gasteiger partial charge on any atom is -0.493 e. The molecule has 0 aliphatic rings. The van der Waals surface area contributed by atoms with Crippen LogP contribution in [0.4, 0.5) is 11.5 Å². The molecule has 0 saturated heterocycles. The molecule has 0 aliphatic carbocycles. The van der Waals surface area contributed by atoms with E-state index in [4.69, 9.17) is 21.7 Å². The standard InChI is InChI=1S/C15H14N4O2S/c1-20-12-6-10-11(7-13(12)21-2)18-15(22)19-14(10)17-9-4-3-5-16-8-9/h3-8H,1-2H3,(H2,17,18,19,22). The zero-order valence-corrected chi connectivity index (χ0v) is 12.9. The lowest BCUT2D eigenvalue weighted by Gasteiger charge is -2.12. The highest BCUT2D eigenvalue weighted by Crippen LogP contribution is 2.34. The number of nitrogens with one attached hydrogen (secondary N) is 2. The lowest BCUT2D eigenvalue weighted by molar-refractivity contribution is 0.356. The molecule has 112 valence electrons. The van der Waals surface area contributed by atoms with Crippen LogP contribution in [0.2, 0.25) is 0 Å². The van der Waals surface area contributed by atoms with Crippen LogP contribution in [0, 0.1) is 4.77 Å². The highest BCUT2D eigenvalue weighted by Gasteiger charge is 2.11. The molecule has 6 nitrogen and oxygen atoms in total. The number of nitrogens with zero attached hydrogens (tertiary/aromatic N) is 2. The summed E-state index contributed by atoms with van der Waals surface area (Å²) < 4.78 is 11.0. The molecule has 0 amide bonds. The Morgan fingerprint density at radius 2 is 1.95 bits per heavy atom. The van der Waals surface area contributed by atoms with Gasteiger partial charge in [-0.15, -0.1) is 0 Å². The van der Waals surface area contributed by atoms with E-state index in [0.717, 1.165) is 16.6 Å². The molecule has 1 aromatic carbocycles. The van der Waals surface area contributed by atoms with Crippen molar-refractivity contribution >= 4 is 34.6 Å². The predicted molar refractivity (Wildman–Crippen MR) is 87.6 cm³/mol. The largest absolute Gasteiger partial charge is 0.493 e. The van der Waals surface area contributed by atoms with Crippen LogP contribution >= 0.6 is 12.2 Å². The average Bonchev–Trinajstić information content (AvgIpc) is 2.54. The maximum absolute atomic E-state index is 5.35. The number of hydrogen-bond donors (Lipinski definition) is 2. The highest BCUT2D eigenvalue weighted by molar-refractivity contribution is 7.71. The van der Waals surface area contributed by atoms with Gasteiger partial charge in [0.1, 0.15) is 5.82 Å². The molecule has 3 aromatic rings. The molecule has 22 heavy (non-hydrogen) atoms. The number of ether oxygens (including phenoxy) is 2. The Bertz CT molecular complexity index is 865. The Morgan fingerprint density at radius 3 is 2.64 bits per heavy atom. The summed E-state index contributed by atoms with van der Waals surface area (Å²) in [5.74, 6) is 1.88. The minimum atomic E-state index is 0.381. The van der Waals surface area contributed by atoms with E-state index in [1.807, 2.05) is 24.3 Å². The zero-order valence-electron chi connectivity index (χ0n) is 12.1. The summed E-state index contributed by atoms with van der Waals surface area (Å²) in [6.45, 7) is 0. The van der Waals surface area contributed by atoms with E-state index < -0.39 is 0 Å². The van der Waals surface area contributed by atoms with Gasteiger partial charge in [0, 0.05) is 17.6 Å². The minimum absolute atomic E-state index is 0.381. The Labute approximate surface area is 132 Å². The third-order valence-corrected chi connectivity index (χ3v) is 3.35. The molecule has 0 saturated carbocycles. The topological polar surface area (TPSA) is 72.1 Å². The van der Waals surface area contributed by atoms with Crippen molar-refractivity contribution in [3.05, 3.63) is 41.4 Å². The molecule has 2 aromatic heterocycles. The maximum Gasteiger partial charge on any atom is 0.199 e. The quantitative estimate of drug-likeness (QED) is 0.719. The average molecular weight is 314 g/mol. The molecule has 0 aliphatic heterocycles. The maximum atomic E-state index is 5.35. The van der Waals surface area contributed by atoms with Gasteiger partial charge in [0.15, 0.2) is 16.3 Å². The van der Waals surface area contributed by atoms with Crippen molar-refractivity contribution in [3.63, 3.8) is 0 Å². The van der Waals surface area contributed by atoms with Crippen LogP contribution in [0.25, 0.3) is 10.9 Å². The van der Waals surface area contributed by atoms with Crippen LogP contribution in [-0.4, -0.2) is 29.2 Å². The molecule has 0 bridgehead atoms. The van der Waals surface area contributed by atoms with Crippen LogP contribution in [-0.2, 0) is 0 Å². The highest BCUT2D eigenvalue weighted by atomic mass is 32.1. The number of H-pyrrole nitrogens is 1. The summed E-state index contributed by atoms with van der Waals surface area (Å²) in [4.78, 5) is 11.5. The van der Waals surface area contributed by atoms with Crippen LogP contribution in [0.15, 0.2) is 36.7 Å². The predicted octanol–water partition coefficient (Wildman–Crippen LogP) is 3.45. The normalized spacial score (nSPS) is 10.5. The number of aromatic nitrogens is 3. The Morgan fingerprint density at radius 1 is 1.18 bits per heavy atom. The van der Waals surface area contributed by atoms with Gasteiger partial charge in [-0.1, -0.05) is 0 Å². The van der Waals surface area contributed by atoms with E-state index >= 15 is 0 Å². The number of anilines is 2. The van der Waals surface area contributed by atoms with Crippen molar-refractivity contribution in [1.29, 1.82) is 0 Å². The molecule has 0 atom stereocenters. The number of hydrogen-bond acceptors (Lipinski definition) is 6. The van der Waals surface area contributed by atoms with Crippen molar-refractivity contribution in [2.45, 2.75) is 0 Å². The van der Waals surface area contributed by atoms with Gasteiger partial charge in [0.05, 0.1) is 31.6 Å². The number of fused-ring (bicyclic) bond motifs is 1. The monoisotopic (exact) mass is 314 g/mol. The van der Waals surface area contributed by atoms with E-state index in [1.165, 1.54) is 0 Å². The van der Waals surface area contributed by atoms with Gasteiger partial charge in [-0.3, -0.25) is 4.98 Å². The van der Waals surface area contributed by atoms with Crippen LogP contribution in [0.3, 0.4) is 0 Å². The molecule has 0 radical (unpaired) electrons. The Kier molecular flexibility index (Phi) is 3.88. The lowest BCUT2D eigenvalue weighted by Crippen LogP contribution is -1.99. The zero-order chi connectivity index (χ0) is 15.5. The van der Waals surface area contributed by atoms with Gasteiger partial charge in [0.2, 0.25) is 0 Å². The van der Waals surface area contributed by atoms with Gasteiger partial charge in [-0.25, -0.2) is 4.98 Å². The Balaban J connectivity index is 2.18. The summed E-state index contributed by atoms with van der Waals surface area (Å²) in [6.07, 6.45) is 3.43. The van der Waals surface area contributed by atoms with Crippen LogP contribution in [0.1, 0.15) is 0 Å². The fourth-order valence-corrected chi connectivity index (χ4v) is 2.35. The lowest BCUT2D eigenvalue weighted by atomic mass is 10.2. The molecular formula is C15H14N4O2S. The van der Waals surface area contributed by atoms with Gasteiger partial charge in [-0.2, -0.15) is 0 Å². The van der Waals surface area contributed by atoms with Gasteiger partial charge >= 0.3 is 0 Å². The van der Waals surface area contributed by atoms with Gasteiger partial charge in [-0.05, 0) is 30.4 Å². The second-order valence-corrected chi connectivity index (χ2v) is 4.90. The van der Waals surface area contributed by atoms with Crippen molar-refractivity contribution in [1.82, 2.24) is 15.0 Å². The third kappa shape index (κ3) is 2.71. The van der Waals surface area contributed by atoms with Crippen molar-refractivity contribution < 1.29 is 9.47 Å². The van der Waals surface area contributed by atoms with E-state index in [1.54, 1.807) is 26.6 Å². The summed E-state index contributed by atoms with van der Waals surface area (Å²) >= 11 is 5.19. The molecule has 7 heteroatoms. The summed E-state index contributed by atoms with van der Waals surface area (Å²) in [5.41, 5.74) is 1.63. The summed E-state index contributed by atoms with van der Waals surface area (Å²) in [5, 5.41) is 4.06. The van der Waals surface area contributed by atoms with Crippen molar-refractivity contribution in [3.8, 4) is 11.5 Å². The first kappa shape index (κ1) is 14.3. The number of benzene rings is 1. The third-order valence-electron chi connectivity index (χ3n) is 3.16. The number of rotatable bonds is 4. The molecular weight excluding hydrogens is 300 g/mol. The van der Waals surface area contributed by atoms with Crippen molar-refractivity contribution in [2.24, 2.45) is 0 Å². The fourth-order valence-electron chi connectivity index (χ4n) is 2.15. The van der Waals surface area contributed by atoms with E-state index in [2.05, 4.69) is 20.3 Å². The van der Waals surface area contributed by atoms with Crippen molar-refractivity contribution in [2.75, 3.05) is 19.5 Å². The number of methoxy groups -OCH3 is 2. The Hall–Kier alpha value is -2.67. The van der Waals surface area contributed by atoms with Crippen LogP contribution in [0.5, 0.6) is 11.5 Å². The SMILES string of the molecule is COc1cc2[nH]c(=S)nc(Nc3cccnc3)c2cc1OC. The summed E-state index contributed by atoms with van der Waals surface area (Å²) in [6, 6.07) is 7.43. The van der Waals surface area contributed by atoms with Gasteiger partial charge in [0.25, 0.3) is 0 Å². The van der Waals surface area contributed by atoms with E-state index in [9.17, 15) is 0 Å². The van der Waals surface area contributed by atoms with Crippen LogP contribution < -0.4 is 14.8 Å². The van der Waals surface area contributed by atoms with E-state index in [0.29, 0.717) is 22.1 Å². The second kappa shape index (κ2) is 5.98. The molecule has 2 N–H and O–H groups in total. The first-order valence-electron chi connectivity index (χ1n) is 6.54. The summed E-state index contributed by atoms with van der Waals surface area (Å²) in [7, 11) is 3.19.